The fraction of sp³-hybridized carbons (Fsp3) is 0.250. The standard InChI is InChI=1S/C36H38N4O8/c1-5-46-31-18-25(34-33(35(42)45-4)22(2)38-36(43)39-34)14-16-29(31)48-21-32(41)40-37-19-23-13-15-28(30(17-23)44-3)47-20-26-11-8-10-24-9-6-7-12-27(24)26/h6-19,32,34,40-41H,5,20-21H2,1-4H3,(H2,38,39,43)/b37-19-/t32-,34+/m1/s1. The number of hydrazone groups is 1. The Hall–Kier alpha value is -5.75. The topological polar surface area (TPSA) is 149 Å². The highest BCUT2D eigenvalue weighted by atomic mass is 16.5. The lowest BCUT2D eigenvalue weighted by Gasteiger charge is -2.28. The van der Waals surface area contributed by atoms with E-state index in [1.807, 2.05) is 43.3 Å². The lowest BCUT2D eigenvalue weighted by atomic mass is 9.95. The summed E-state index contributed by atoms with van der Waals surface area (Å²) < 4.78 is 28.2. The molecule has 5 rings (SSSR count). The fourth-order valence-corrected chi connectivity index (χ4v) is 5.28. The number of hydrogen-bond acceptors (Lipinski definition) is 10. The molecule has 0 aromatic heterocycles. The molecule has 1 heterocycles. The van der Waals surface area contributed by atoms with Gasteiger partial charge >= 0.3 is 12.0 Å². The third kappa shape index (κ3) is 7.96. The quantitative estimate of drug-likeness (QED) is 0.0642. The molecule has 0 spiro atoms. The van der Waals surface area contributed by atoms with Crippen LogP contribution in [0.5, 0.6) is 23.0 Å². The van der Waals surface area contributed by atoms with Gasteiger partial charge in [0, 0.05) is 5.70 Å². The van der Waals surface area contributed by atoms with Crippen molar-refractivity contribution in [2.45, 2.75) is 32.7 Å². The number of nitrogens with zero attached hydrogens (tertiary/aromatic N) is 1. The summed E-state index contributed by atoms with van der Waals surface area (Å²) in [5.74, 6) is 1.29. The summed E-state index contributed by atoms with van der Waals surface area (Å²) in [6.07, 6.45) is 0.392. The predicted molar refractivity (Wildman–Crippen MR) is 180 cm³/mol. The minimum Gasteiger partial charge on any atom is -0.493 e. The molecule has 0 fully saturated rings. The predicted octanol–water partition coefficient (Wildman–Crippen LogP) is 4.95. The Labute approximate surface area is 278 Å². The smallest absolute Gasteiger partial charge is 0.337 e. The average molecular weight is 655 g/mol. The number of aliphatic hydroxyl groups excluding tert-OH is 1. The van der Waals surface area contributed by atoms with E-state index in [0.29, 0.717) is 47.5 Å². The van der Waals surface area contributed by atoms with Crippen molar-refractivity contribution in [3.05, 3.63) is 107 Å². The zero-order chi connectivity index (χ0) is 34.0. The van der Waals surface area contributed by atoms with E-state index in [1.54, 1.807) is 44.5 Å². The molecule has 0 saturated carbocycles. The zero-order valence-corrected chi connectivity index (χ0v) is 27.1. The Bertz CT molecular complexity index is 1840. The highest BCUT2D eigenvalue weighted by Gasteiger charge is 2.32. The molecule has 4 N–H and O–H groups in total. The number of allylic oxidation sites excluding steroid dienone is 1. The fourth-order valence-electron chi connectivity index (χ4n) is 5.28. The maximum atomic E-state index is 12.5. The van der Waals surface area contributed by atoms with Crippen molar-refractivity contribution in [3.8, 4) is 23.0 Å². The zero-order valence-electron chi connectivity index (χ0n) is 27.1. The maximum absolute atomic E-state index is 12.5. The van der Waals surface area contributed by atoms with Gasteiger partial charge in [0.2, 0.25) is 0 Å². The molecular weight excluding hydrogens is 616 g/mol. The highest BCUT2D eigenvalue weighted by Crippen LogP contribution is 2.35. The van der Waals surface area contributed by atoms with Crippen molar-refractivity contribution in [2.24, 2.45) is 5.10 Å². The summed E-state index contributed by atoms with van der Waals surface area (Å²) in [7, 11) is 2.85. The van der Waals surface area contributed by atoms with Gasteiger partial charge in [-0.25, -0.2) is 9.59 Å². The van der Waals surface area contributed by atoms with Crippen LogP contribution in [-0.2, 0) is 16.1 Å². The van der Waals surface area contributed by atoms with E-state index in [0.717, 1.165) is 21.9 Å². The van der Waals surface area contributed by atoms with Crippen LogP contribution in [-0.4, -0.2) is 57.0 Å². The van der Waals surface area contributed by atoms with Gasteiger partial charge in [-0.2, -0.15) is 5.10 Å². The first kappa shape index (κ1) is 33.6. The number of benzene rings is 4. The Balaban J connectivity index is 1.19. The lowest BCUT2D eigenvalue weighted by molar-refractivity contribution is -0.136. The first-order valence-corrected chi connectivity index (χ1v) is 15.3. The number of amides is 2. The molecule has 48 heavy (non-hydrogen) atoms. The van der Waals surface area contributed by atoms with Crippen LogP contribution in [0.2, 0.25) is 0 Å². The maximum Gasteiger partial charge on any atom is 0.337 e. The molecule has 1 aliphatic heterocycles. The summed E-state index contributed by atoms with van der Waals surface area (Å²) in [5, 5.41) is 22.3. The number of urea groups is 1. The van der Waals surface area contributed by atoms with Crippen molar-refractivity contribution in [1.29, 1.82) is 0 Å². The summed E-state index contributed by atoms with van der Waals surface area (Å²) in [5.41, 5.74) is 5.68. The number of carbonyl (C=O) groups is 2. The van der Waals surface area contributed by atoms with Gasteiger partial charge in [0.25, 0.3) is 0 Å². The van der Waals surface area contributed by atoms with E-state index in [9.17, 15) is 14.7 Å². The minimum atomic E-state index is -1.15. The third-order valence-corrected chi connectivity index (χ3v) is 7.56. The molecule has 12 nitrogen and oxygen atoms in total. The molecule has 12 heteroatoms. The second-order valence-corrected chi connectivity index (χ2v) is 10.8. The number of esters is 1. The van der Waals surface area contributed by atoms with Crippen LogP contribution in [0.1, 0.15) is 36.6 Å². The summed E-state index contributed by atoms with van der Waals surface area (Å²) in [4.78, 5) is 24.7. The summed E-state index contributed by atoms with van der Waals surface area (Å²) in [6, 6.07) is 23.5. The lowest BCUT2D eigenvalue weighted by Crippen LogP contribution is -2.45. The molecule has 1 aliphatic rings. The Kier molecular flexibility index (Phi) is 11.0. The number of nitrogens with one attached hydrogen (secondary N) is 3. The molecule has 0 radical (unpaired) electrons. The number of hydrogen-bond donors (Lipinski definition) is 4. The first-order chi connectivity index (χ1) is 23.3. The largest absolute Gasteiger partial charge is 0.493 e. The van der Waals surface area contributed by atoms with Crippen molar-refractivity contribution < 1.29 is 38.4 Å². The average Bonchev–Trinajstić information content (AvgIpc) is 3.09. The highest BCUT2D eigenvalue weighted by molar-refractivity contribution is 5.95. The molecule has 4 aromatic carbocycles. The molecule has 2 amide bonds. The summed E-state index contributed by atoms with van der Waals surface area (Å²) >= 11 is 0. The third-order valence-electron chi connectivity index (χ3n) is 7.56. The van der Waals surface area contributed by atoms with Crippen molar-refractivity contribution in [3.63, 3.8) is 0 Å². The summed E-state index contributed by atoms with van der Waals surface area (Å²) in [6.45, 7) is 4.00. The van der Waals surface area contributed by atoms with Gasteiger partial charge in [-0.1, -0.05) is 48.5 Å². The van der Waals surface area contributed by atoms with Crippen LogP contribution in [0.15, 0.2) is 95.2 Å². The van der Waals surface area contributed by atoms with E-state index in [2.05, 4.69) is 39.4 Å². The van der Waals surface area contributed by atoms with Gasteiger partial charge in [0.05, 0.1) is 38.7 Å². The van der Waals surface area contributed by atoms with Gasteiger partial charge in [0.1, 0.15) is 13.2 Å². The van der Waals surface area contributed by atoms with Crippen LogP contribution in [0, 0.1) is 0 Å². The van der Waals surface area contributed by atoms with Crippen LogP contribution in [0.25, 0.3) is 10.8 Å². The van der Waals surface area contributed by atoms with Gasteiger partial charge in [-0.15, -0.1) is 0 Å². The molecule has 2 atom stereocenters. The molecule has 250 valence electrons. The Morgan fingerprint density at radius 1 is 0.958 bits per heavy atom. The van der Waals surface area contributed by atoms with Gasteiger partial charge < -0.3 is 39.4 Å². The second kappa shape index (κ2) is 15.7. The van der Waals surface area contributed by atoms with Crippen molar-refractivity contribution >= 4 is 29.0 Å². The van der Waals surface area contributed by atoms with Crippen LogP contribution < -0.4 is 35.0 Å². The van der Waals surface area contributed by atoms with E-state index >= 15 is 0 Å². The molecule has 0 saturated heterocycles. The number of rotatable bonds is 14. The Morgan fingerprint density at radius 3 is 2.52 bits per heavy atom. The number of fused-ring (bicyclic) bond motifs is 1. The molecule has 4 aromatic rings. The van der Waals surface area contributed by atoms with Crippen molar-refractivity contribution in [1.82, 2.24) is 16.1 Å². The van der Waals surface area contributed by atoms with Gasteiger partial charge in [-0.3, -0.25) is 5.43 Å². The number of carbonyl (C=O) groups excluding carboxylic acids is 2. The Morgan fingerprint density at radius 2 is 1.73 bits per heavy atom. The van der Waals surface area contributed by atoms with Gasteiger partial charge in [-0.05, 0) is 71.6 Å². The van der Waals surface area contributed by atoms with E-state index < -0.39 is 24.3 Å². The number of ether oxygens (including phenoxy) is 5. The van der Waals surface area contributed by atoms with Crippen LogP contribution in [0.4, 0.5) is 4.79 Å². The van der Waals surface area contributed by atoms with Crippen LogP contribution >= 0.6 is 0 Å². The monoisotopic (exact) mass is 654 g/mol. The van der Waals surface area contributed by atoms with E-state index in [4.69, 9.17) is 23.7 Å². The molecule has 0 unspecified atom stereocenters. The van der Waals surface area contributed by atoms with Crippen molar-refractivity contribution in [2.75, 3.05) is 27.4 Å². The SMILES string of the molecule is CCOc1cc([C@@H]2NC(=O)NC(C)=C2C(=O)OC)ccc1OC[C@@H](O)N/N=C\c1ccc(OCc2cccc3ccccc23)c(OC)c1. The minimum absolute atomic E-state index is 0.155. The first-order valence-electron chi connectivity index (χ1n) is 15.3. The molecular formula is C36H38N4O8. The van der Waals surface area contributed by atoms with Gasteiger partial charge in [0.15, 0.2) is 29.2 Å². The van der Waals surface area contributed by atoms with Crippen LogP contribution in [0.3, 0.4) is 0 Å². The van der Waals surface area contributed by atoms with E-state index in [1.165, 1.54) is 7.11 Å². The normalized spacial score (nSPS) is 15.0. The number of methoxy groups -OCH3 is 2. The molecule has 0 bridgehead atoms. The number of aliphatic hydroxyl groups is 1. The second-order valence-electron chi connectivity index (χ2n) is 10.8. The van der Waals surface area contributed by atoms with E-state index in [-0.39, 0.29) is 12.2 Å². The molecule has 0 aliphatic carbocycles.